The average Bonchev–Trinajstić information content (AvgIpc) is 3.78. The van der Waals surface area contributed by atoms with E-state index in [1.807, 2.05) is 107 Å². The number of aliphatic hydroxyl groups excluding tert-OH is 1. The molecule has 13 nitrogen and oxygen atoms in total. The zero-order chi connectivity index (χ0) is 39.2. The number of benzene rings is 2. The van der Waals surface area contributed by atoms with Crippen LogP contribution in [0.5, 0.6) is 11.5 Å². The summed E-state index contributed by atoms with van der Waals surface area (Å²) < 4.78 is 11.1. The number of piperazine rings is 1. The van der Waals surface area contributed by atoms with E-state index in [1.165, 1.54) is 11.3 Å². The summed E-state index contributed by atoms with van der Waals surface area (Å²) in [5, 5.41) is 31.2. The molecule has 0 saturated carbocycles. The summed E-state index contributed by atoms with van der Waals surface area (Å²) in [6.45, 7) is 15.9. The molecule has 2 aromatic carbocycles. The maximum absolute atomic E-state index is 14.2. The molecule has 2 aliphatic heterocycles. The van der Waals surface area contributed by atoms with E-state index in [4.69, 9.17) is 9.47 Å². The Morgan fingerprint density at radius 3 is 2.39 bits per heavy atom. The van der Waals surface area contributed by atoms with E-state index in [0.29, 0.717) is 49.8 Å². The number of nitrogens with zero attached hydrogens (tertiary/aromatic N) is 4. The summed E-state index contributed by atoms with van der Waals surface area (Å²) in [7, 11) is 0. The number of amides is 3. The number of nitrogens with one attached hydrogen (secondary N) is 2. The fourth-order valence-electron chi connectivity index (χ4n) is 6.95. The molecule has 3 amide bonds. The third-order valence-electron chi connectivity index (χ3n) is 9.61. The second-order valence-corrected chi connectivity index (χ2v) is 16.9. The van der Waals surface area contributed by atoms with Crippen molar-refractivity contribution in [3.05, 3.63) is 75.7 Å². The minimum Gasteiger partial charge on any atom is -0.465 e. The maximum atomic E-state index is 14.2. The maximum Gasteiger partial charge on any atom is 0.408 e. The second-order valence-electron chi connectivity index (χ2n) is 16.0. The van der Waals surface area contributed by atoms with Crippen molar-refractivity contribution in [3.8, 4) is 11.5 Å². The Morgan fingerprint density at radius 2 is 1.74 bits per heavy atom. The predicted octanol–water partition coefficient (Wildman–Crippen LogP) is 4.69. The molecule has 1 fully saturated rings. The lowest BCUT2D eigenvalue weighted by Gasteiger charge is -2.43. The molecule has 5 rings (SSSR count). The molecule has 4 N–H and O–H groups in total. The number of carbonyl (C=O) groups excluding carboxylic acids is 2. The molecule has 2 aliphatic rings. The largest absolute Gasteiger partial charge is 0.465 e. The highest BCUT2D eigenvalue weighted by atomic mass is 32.1. The zero-order valence-electron chi connectivity index (χ0n) is 32.4. The number of β-amino-alcohol motifs (C(OH)–C–C–N with tert-alkyl or cyclic N) is 1. The van der Waals surface area contributed by atoms with Crippen molar-refractivity contribution in [2.75, 3.05) is 33.0 Å². The second kappa shape index (κ2) is 17.9. The molecule has 1 aromatic heterocycles. The van der Waals surface area contributed by atoms with Gasteiger partial charge in [-0.3, -0.25) is 24.3 Å². The van der Waals surface area contributed by atoms with Crippen molar-refractivity contribution >= 4 is 29.2 Å². The summed E-state index contributed by atoms with van der Waals surface area (Å²) in [4.78, 5) is 50.7. The van der Waals surface area contributed by atoms with Crippen LogP contribution < -0.4 is 20.1 Å². The monoisotopic (exact) mass is 764 g/mol. The molecule has 0 unspecified atom stereocenters. The van der Waals surface area contributed by atoms with Gasteiger partial charge in [0.15, 0.2) is 11.5 Å². The van der Waals surface area contributed by atoms with E-state index in [-0.39, 0.29) is 37.6 Å². The molecule has 3 heterocycles. The number of ether oxygens (including phenoxy) is 2. The fourth-order valence-corrected chi connectivity index (χ4v) is 7.78. The molecule has 0 spiro atoms. The Kier molecular flexibility index (Phi) is 13.6. The van der Waals surface area contributed by atoms with Crippen LogP contribution in [0.4, 0.5) is 4.79 Å². The summed E-state index contributed by atoms with van der Waals surface area (Å²) in [5.74, 6) is 0.603. The first-order valence-electron chi connectivity index (χ1n) is 18.7. The fraction of sp³-hybridized carbons (Fsp3) is 0.550. The zero-order valence-corrected chi connectivity index (χ0v) is 33.3. The van der Waals surface area contributed by atoms with E-state index in [0.717, 1.165) is 21.0 Å². The normalized spacial score (nSPS) is 18.0. The molecular formula is C40H56N6O7S. The van der Waals surface area contributed by atoms with Gasteiger partial charge < -0.3 is 30.3 Å². The van der Waals surface area contributed by atoms with E-state index in [2.05, 4.69) is 20.5 Å². The molecular weight excluding hydrogens is 709 g/mol. The Labute approximate surface area is 322 Å². The van der Waals surface area contributed by atoms with Gasteiger partial charge in [0.2, 0.25) is 18.6 Å². The minimum atomic E-state index is -1.23. The molecule has 0 radical (unpaired) electrons. The van der Waals surface area contributed by atoms with Gasteiger partial charge in [-0.2, -0.15) is 0 Å². The van der Waals surface area contributed by atoms with Gasteiger partial charge in [-0.25, -0.2) is 9.78 Å². The number of aliphatic hydroxyl groups is 1. The predicted molar refractivity (Wildman–Crippen MR) is 208 cm³/mol. The van der Waals surface area contributed by atoms with Crippen LogP contribution in [0.15, 0.2) is 53.9 Å². The SMILES string of the molecule is CC(C)c1nc(CN(C(=O)O)[C@H](C(=O)N[C@@H](Cc2ccccc2)[C@H](O)CN2CCN(Cc3ccc4c(c3)OCO4)C[C@H]2C(=O)NC(C)(C)C)C(C)C)cs1. The summed E-state index contributed by atoms with van der Waals surface area (Å²) >= 11 is 1.47. The number of carbonyl (C=O) groups is 3. The van der Waals surface area contributed by atoms with Gasteiger partial charge in [-0.05, 0) is 56.4 Å². The number of hydrogen-bond acceptors (Lipinski definition) is 10. The van der Waals surface area contributed by atoms with Crippen molar-refractivity contribution < 1.29 is 34.1 Å². The van der Waals surface area contributed by atoms with Crippen molar-refractivity contribution in [3.63, 3.8) is 0 Å². The van der Waals surface area contributed by atoms with E-state index in [1.54, 1.807) is 0 Å². The highest BCUT2D eigenvalue weighted by Gasteiger charge is 2.39. The number of rotatable bonds is 15. The highest BCUT2D eigenvalue weighted by molar-refractivity contribution is 7.09. The number of carboxylic acid groups (broad SMARTS) is 1. The smallest absolute Gasteiger partial charge is 0.408 e. The van der Waals surface area contributed by atoms with Gasteiger partial charge in [0, 0.05) is 49.6 Å². The Morgan fingerprint density at radius 1 is 1.02 bits per heavy atom. The molecule has 1 saturated heterocycles. The molecule has 3 aromatic rings. The van der Waals surface area contributed by atoms with E-state index in [9.17, 15) is 24.6 Å². The molecule has 294 valence electrons. The lowest BCUT2D eigenvalue weighted by Crippen LogP contribution is -2.63. The van der Waals surface area contributed by atoms with Crippen LogP contribution in [0.2, 0.25) is 0 Å². The van der Waals surface area contributed by atoms with Crippen molar-refractivity contribution in [2.24, 2.45) is 5.92 Å². The van der Waals surface area contributed by atoms with Crippen molar-refractivity contribution in [2.45, 2.75) is 104 Å². The van der Waals surface area contributed by atoms with Gasteiger partial charge in [-0.15, -0.1) is 11.3 Å². The minimum absolute atomic E-state index is 0.0399. The number of hydrogen-bond donors (Lipinski definition) is 4. The first-order valence-corrected chi connectivity index (χ1v) is 19.6. The van der Waals surface area contributed by atoms with Gasteiger partial charge in [-0.1, -0.05) is 64.1 Å². The van der Waals surface area contributed by atoms with Gasteiger partial charge >= 0.3 is 6.09 Å². The lowest BCUT2D eigenvalue weighted by molar-refractivity contribution is -0.133. The Bertz CT molecular complexity index is 1730. The van der Waals surface area contributed by atoms with Crippen LogP contribution in [-0.2, 0) is 29.1 Å². The van der Waals surface area contributed by atoms with Crippen LogP contribution in [0.3, 0.4) is 0 Å². The average molecular weight is 765 g/mol. The topological polar surface area (TPSA) is 157 Å². The van der Waals surface area contributed by atoms with Crippen LogP contribution in [-0.4, -0.2) is 111 Å². The third kappa shape index (κ3) is 10.9. The van der Waals surface area contributed by atoms with Crippen LogP contribution >= 0.6 is 11.3 Å². The summed E-state index contributed by atoms with van der Waals surface area (Å²) in [6, 6.07) is 13.0. The quantitative estimate of drug-likeness (QED) is 0.171. The Balaban J connectivity index is 1.35. The van der Waals surface area contributed by atoms with Crippen molar-refractivity contribution in [1.29, 1.82) is 0 Å². The number of thiazole rings is 1. The van der Waals surface area contributed by atoms with Gasteiger partial charge in [0.25, 0.3) is 0 Å². The van der Waals surface area contributed by atoms with Crippen LogP contribution in [0.25, 0.3) is 0 Å². The van der Waals surface area contributed by atoms with Crippen LogP contribution in [0, 0.1) is 5.92 Å². The summed E-state index contributed by atoms with van der Waals surface area (Å²) in [6.07, 6.45) is -2.01. The van der Waals surface area contributed by atoms with Gasteiger partial charge in [0.05, 0.1) is 29.4 Å². The summed E-state index contributed by atoms with van der Waals surface area (Å²) in [5.41, 5.74) is 2.06. The molecule has 14 heteroatoms. The highest BCUT2D eigenvalue weighted by Crippen LogP contribution is 2.33. The molecule has 54 heavy (non-hydrogen) atoms. The van der Waals surface area contributed by atoms with E-state index < -0.39 is 41.8 Å². The van der Waals surface area contributed by atoms with E-state index >= 15 is 0 Å². The van der Waals surface area contributed by atoms with Crippen molar-refractivity contribution in [1.82, 2.24) is 30.3 Å². The van der Waals surface area contributed by atoms with Gasteiger partial charge in [0.1, 0.15) is 12.1 Å². The number of fused-ring (bicyclic) bond motifs is 1. The standard InChI is InChI=1S/C40H56N6O7S/c1-25(2)35(46(39(50)51)20-29-23-54-38(41-29)26(3)4)37(49)42-30(17-27-11-9-8-10-12-27)32(47)22-45-16-15-44(21-31(45)36(48)43-40(5,6)7)19-28-13-14-33-34(18-28)53-24-52-33/h8-14,18,23,25-26,30-32,35,47H,15-17,19-22,24H2,1-7H3,(H,42,49)(H,43,48)(H,50,51)/t30-,31-,32+,35-/m0/s1. The lowest BCUT2D eigenvalue weighted by atomic mass is 9.96. The first-order chi connectivity index (χ1) is 25.6. The Hall–Kier alpha value is -4.24. The molecule has 0 aliphatic carbocycles. The number of aromatic nitrogens is 1. The third-order valence-corrected chi connectivity index (χ3v) is 10.8. The molecule has 4 atom stereocenters. The van der Waals surface area contributed by atoms with Crippen LogP contribution in [0.1, 0.15) is 76.2 Å². The first kappa shape index (κ1) is 40.9. The molecule has 0 bridgehead atoms.